The summed E-state index contributed by atoms with van der Waals surface area (Å²) in [4.78, 5) is 14.4. The normalized spacial score (nSPS) is 14.8. The van der Waals surface area contributed by atoms with Crippen LogP contribution in [0.5, 0.6) is 0 Å². The molecule has 128 valence electrons. The first-order valence-electron chi connectivity index (χ1n) is 8.21. The van der Waals surface area contributed by atoms with Crippen LogP contribution < -0.4 is 0 Å². The van der Waals surface area contributed by atoms with Gasteiger partial charge in [0.05, 0.1) is 25.0 Å². The molecule has 1 aliphatic heterocycles. The van der Waals surface area contributed by atoms with Crippen LogP contribution in [0, 0.1) is 0 Å². The molecule has 1 aliphatic rings. The predicted molar refractivity (Wildman–Crippen MR) is 95.6 cm³/mol. The molecule has 0 aliphatic carbocycles. The topological polar surface area (TPSA) is 55.6 Å². The molecule has 0 bridgehead atoms. The third kappa shape index (κ3) is 3.25. The van der Waals surface area contributed by atoms with E-state index in [1.54, 1.807) is 6.07 Å². The van der Waals surface area contributed by atoms with Crippen LogP contribution in [0.3, 0.4) is 0 Å². The minimum atomic E-state index is 0.0520. The molecule has 0 unspecified atom stereocenters. The highest BCUT2D eigenvalue weighted by atomic mass is 35.5. The quantitative estimate of drug-likeness (QED) is 0.720. The first-order valence-corrected chi connectivity index (χ1v) is 8.59. The molecule has 5 nitrogen and oxygen atoms in total. The Morgan fingerprint density at radius 2 is 1.92 bits per heavy atom. The second-order valence-corrected chi connectivity index (χ2v) is 6.45. The molecular formula is C19H17ClN2O3. The average molecular weight is 357 g/mol. The number of rotatable bonds is 3. The predicted octanol–water partition coefficient (Wildman–Crippen LogP) is 3.55. The van der Waals surface area contributed by atoms with E-state index >= 15 is 0 Å². The summed E-state index contributed by atoms with van der Waals surface area (Å²) < 4.78 is 10.9. The molecule has 0 radical (unpaired) electrons. The van der Waals surface area contributed by atoms with Crippen molar-refractivity contribution in [3.05, 3.63) is 53.1 Å². The Labute approximate surface area is 150 Å². The van der Waals surface area contributed by atoms with Crippen molar-refractivity contribution in [3.63, 3.8) is 0 Å². The highest BCUT2D eigenvalue weighted by Gasteiger charge is 2.21. The molecule has 2 aromatic carbocycles. The van der Waals surface area contributed by atoms with E-state index in [4.69, 9.17) is 20.9 Å². The van der Waals surface area contributed by atoms with Crippen molar-refractivity contribution in [1.29, 1.82) is 0 Å². The third-order valence-corrected chi connectivity index (χ3v) is 4.59. The molecule has 25 heavy (non-hydrogen) atoms. The molecule has 0 atom stereocenters. The molecule has 1 saturated heterocycles. The number of carbonyl (C=O) groups is 1. The summed E-state index contributed by atoms with van der Waals surface area (Å²) >= 11 is 6.30. The fraction of sp³-hybridized carbons (Fsp3) is 0.263. The summed E-state index contributed by atoms with van der Waals surface area (Å²) in [5, 5.41) is 5.60. The van der Waals surface area contributed by atoms with Gasteiger partial charge in [-0.25, -0.2) is 0 Å². The minimum absolute atomic E-state index is 0.0520. The summed E-state index contributed by atoms with van der Waals surface area (Å²) in [5.41, 5.74) is 2.40. The molecule has 2 heterocycles. The first kappa shape index (κ1) is 16.1. The Balaban J connectivity index is 1.70. The van der Waals surface area contributed by atoms with Crippen molar-refractivity contribution in [1.82, 2.24) is 10.1 Å². The Morgan fingerprint density at radius 1 is 1.16 bits per heavy atom. The van der Waals surface area contributed by atoms with Gasteiger partial charge in [-0.15, -0.1) is 0 Å². The standard InChI is InChI=1S/C19H17ClN2O3/c20-15-10-14(11-17(23)22-6-8-24-9-7-22)18-16(12-15)19(25-21-18)13-4-2-1-3-5-13/h1-5,10,12H,6-9,11H2. The number of benzene rings is 2. The Morgan fingerprint density at radius 3 is 2.68 bits per heavy atom. The summed E-state index contributed by atoms with van der Waals surface area (Å²) in [5.74, 6) is 0.717. The van der Waals surface area contributed by atoms with Gasteiger partial charge < -0.3 is 14.2 Å². The van der Waals surface area contributed by atoms with E-state index in [2.05, 4.69) is 5.16 Å². The smallest absolute Gasteiger partial charge is 0.227 e. The molecule has 3 aromatic rings. The van der Waals surface area contributed by atoms with E-state index in [0.717, 1.165) is 16.5 Å². The van der Waals surface area contributed by atoms with Crippen LogP contribution in [-0.4, -0.2) is 42.3 Å². The lowest BCUT2D eigenvalue weighted by molar-refractivity contribution is -0.134. The third-order valence-electron chi connectivity index (χ3n) is 4.37. The zero-order valence-electron chi connectivity index (χ0n) is 13.6. The van der Waals surface area contributed by atoms with Gasteiger partial charge in [0.2, 0.25) is 5.91 Å². The van der Waals surface area contributed by atoms with E-state index in [1.165, 1.54) is 0 Å². The fourth-order valence-corrected chi connectivity index (χ4v) is 3.34. The molecular weight excluding hydrogens is 340 g/mol. The molecule has 1 aromatic heterocycles. The molecule has 4 rings (SSSR count). The van der Waals surface area contributed by atoms with Crippen molar-refractivity contribution in [3.8, 4) is 11.3 Å². The van der Waals surface area contributed by atoms with Gasteiger partial charge in [0.1, 0.15) is 5.52 Å². The van der Waals surface area contributed by atoms with E-state index in [1.807, 2.05) is 41.3 Å². The van der Waals surface area contributed by atoms with Crippen molar-refractivity contribution >= 4 is 28.4 Å². The highest BCUT2D eigenvalue weighted by Crippen LogP contribution is 2.33. The van der Waals surface area contributed by atoms with Crippen LogP contribution >= 0.6 is 11.6 Å². The van der Waals surface area contributed by atoms with E-state index in [-0.39, 0.29) is 12.3 Å². The van der Waals surface area contributed by atoms with E-state index in [0.29, 0.717) is 42.6 Å². The first-order chi connectivity index (χ1) is 12.2. The van der Waals surface area contributed by atoms with Crippen LogP contribution in [0.4, 0.5) is 0 Å². The van der Waals surface area contributed by atoms with Gasteiger partial charge in [0.25, 0.3) is 0 Å². The Kier molecular flexibility index (Phi) is 4.42. The largest absolute Gasteiger partial charge is 0.378 e. The maximum atomic E-state index is 12.6. The van der Waals surface area contributed by atoms with Crippen molar-refractivity contribution < 1.29 is 14.1 Å². The molecule has 6 heteroatoms. The molecule has 0 spiro atoms. The number of fused-ring (bicyclic) bond motifs is 1. The van der Waals surface area contributed by atoms with Crippen LogP contribution in [0.15, 0.2) is 47.0 Å². The van der Waals surface area contributed by atoms with Crippen molar-refractivity contribution in [2.45, 2.75) is 6.42 Å². The summed E-state index contributed by atoms with van der Waals surface area (Å²) in [7, 11) is 0. The zero-order valence-corrected chi connectivity index (χ0v) is 14.3. The van der Waals surface area contributed by atoms with Crippen molar-refractivity contribution in [2.24, 2.45) is 0 Å². The number of ether oxygens (including phenoxy) is 1. The monoisotopic (exact) mass is 356 g/mol. The molecule has 0 saturated carbocycles. The molecule has 0 N–H and O–H groups in total. The Bertz CT molecular complexity index is 902. The number of aromatic nitrogens is 1. The van der Waals surface area contributed by atoms with Gasteiger partial charge in [-0.05, 0) is 17.7 Å². The van der Waals surface area contributed by atoms with Gasteiger partial charge in [-0.1, -0.05) is 47.1 Å². The number of morpholine rings is 1. The number of halogens is 1. The number of carbonyl (C=O) groups excluding carboxylic acids is 1. The minimum Gasteiger partial charge on any atom is -0.378 e. The van der Waals surface area contributed by atoms with Gasteiger partial charge in [-0.2, -0.15) is 0 Å². The lowest BCUT2D eigenvalue weighted by Gasteiger charge is -2.26. The number of amides is 1. The second-order valence-electron chi connectivity index (χ2n) is 6.01. The van der Waals surface area contributed by atoms with Crippen LogP contribution in [0.2, 0.25) is 5.02 Å². The summed E-state index contributed by atoms with van der Waals surface area (Å²) in [6.45, 7) is 2.41. The molecule has 1 amide bonds. The Hall–Kier alpha value is -2.37. The van der Waals surface area contributed by atoms with Gasteiger partial charge in [0.15, 0.2) is 5.76 Å². The maximum absolute atomic E-state index is 12.6. The average Bonchev–Trinajstić information content (AvgIpc) is 3.07. The summed E-state index contributed by atoms with van der Waals surface area (Å²) in [6, 6.07) is 13.4. The van der Waals surface area contributed by atoms with Gasteiger partial charge >= 0.3 is 0 Å². The number of nitrogens with zero attached hydrogens (tertiary/aromatic N) is 2. The van der Waals surface area contributed by atoms with E-state index in [9.17, 15) is 4.79 Å². The summed E-state index contributed by atoms with van der Waals surface area (Å²) in [6.07, 6.45) is 0.248. The van der Waals surface area contributed by atoms with E-state index < -0.39 is 0 Å². The molecule has 1 fully saturated rings. The van der Waals surface area contributed by atoms with Crippen LogP contribution in [0.1, 0.15) is 5.56 Å². The van der Waals surface area contributed by atoms with Crippen molar-refractivity contribution in [2.75, 3.05) is 26.3 Å². The van der Waals surface area contributed by atoms with Crippen LogP contribution in [-0.2, 0) is 16.0 Å². The van der Waals surface area contributed by atoms with Crippen LogP contribution in [0.25, 0.3) is 22.2 Å². The van der Waals surface area contributed by atoms with Gasteiger partial charge in [0, 0.05) is 23.7 Å². The number of hydrogen-bond donors (Lipinski definition) is 0. The SMILES string of the molecule is O=C(Cc1cc(Cl)cc2c(-c3ccccc3)onc12)N1CCOCC1. The zero-order chi connectivity index (χ0) is 17.2. The lowest BCUT2D eigenvalue weighted by Crippen LogP contribution is -2.41. The number of hydrogen-bond acceptors (Lipinski definition) is 4. The second kappa shape index (κ2) is 6.86. The maximum Gasteiger partial charge on any atom is 0.227 e. The van der Waals surface area contributed by atoms with Gasteiger partial charge in [-0.3, -0.25) is 4.79 Å². The highest BCUT2D eigenvalue weighted by molar-refractivity contribution is 6.31. The lowest BCUT2D eigenvalue weighted by atomic mass is 10.0. The fourth-order valence-electron chi connectivity index (χ4n) is 3.10.